The summed E-state index contributed by atoms with van der Waals surface area (Å²) in [5.74, 6) is 0.125. The SMILES string of the molecule is Cc1cc(C(=O)N2CC[C@H]3CC[C@@H](C2)N3C(C)C)c2cnn(C)c2n1. The highest BCUT2D eigenvalue weighted by atomic mass is 16.2. The number of rotatable bonds is 2. The lowest BCUT2D eigenvalue weighted by Gasteiger charge is -2.32. The molecule has 2 bridgehead atoms. The Morgan fingerprint density at radius 3 is 2.76 bits per heavy atom. The summed E-state index contributed by atoms with van der Waals surface area (Å²) in [6, 6.07) is 3.57. The number of carbonyl (C=O) groups excluding carboxylic acids is 1. The molecule has 0 aromatic carbocycles. The van der Waals surface area contributed by atoms with Crippen LogP contribution in [0.3, 0.4) is 0 Å². The molecule has 6 heteroatoms. The van der Waals surface area contributed by atoms with Gasteiger partial charge in [-0.15, -0.1) is 0 Å². The predicted octanol–water partition coefficient (Wildman–Crippen LogP) is 2.36. The van der Waals surface area contributed by atoms with Crippen LogP contribution in [0.2, 0.25) is 0 Å². The number of carbonyl (C=O) groups is 1. The van der Waals surface area contributed by atoms with Gasteiger partial charge in [-0.1, -0.05) is 0 Å². The van der Waals surface area contributed by atoms with Crippen LogP contribution in [0.1, 0.15) is 49.2 Å². The third-order valence-corrected chi connectivity index (χ3v) is 5.79. The fourth-order valence-corrected chi connectivity index (χ4v) is 4.73. The van der Waals surface area contributed by atoms with Crippen LogP contribution in [0, 0.1) is 6.92 Å². The summed E-state index contributed by atoms with van der Waals surface area (Å²) in [6.07, 6.45) is 5.30. The molecule has 2 aromatic rings. The van der Waals surface area contributed by atoms with Gasteiger partial charge in [0, 0.05) is 44.0 Å². The molecule has 2 aromatic heterocycles. The van der Waals surface area contributed by atoms with Crippen LogP contribution >= 0.6 is 0 Å². The van der Waals surface area contributed by atoms with Crippen molar-refractivity contribution in [1.29, 1.82) is 0 Å². The van der Waals surface area contributed by atoms with Gasteiger partial charge in [-0.05, 0) is 46.1 Å². The second-order valence-corrected chi connectivity index (χ2v) is 7.78. The number of pyridine rings is 1. The van der Waals surface area contributed by atoms with Gasteiger partial charge in [0.15, 0.2) is 5.65 Å². The van der Waals surface area contributed by atoms with Crippen LogP contribution in [-0.2, 0) is 7.05 Å². The highest BCUT2D eigenvalue weighted by molar-refractivity contribution is 6.05. The van der Waals surface area contributed by atoms with Crippen molar-refractivity contribution < 1.29 is 4.79 Å². The summed E-state index contributed by atoms with van der Waals surface area (Å²) in [7, 11) is 1.87. The Hall–Kier alpha value is -1.95. The van der Waals surface area contributed by atoms with E-state index >= 15 is 0 Å². The third-order valence-electron chi connectivity index (χ3n) is 5.79. The van der Waals surface area contributed by atoms with Gasteiger partial charge in [-0.3, -0.25) is 14.4 Å². The number of amides is 1. The Kier molecular flexibility index (Phi) is 4.02. The number of hydrogen-bond donors (Lipinski definition) is 0. The van der Waals surface area contributed by atoms with Crippen molar-refractivity contribution in [2.24, 2.45) is 7.05 Å². The molecule has 2 fully saturated rings. The van der Waals surface area contributed by atoms with Gasteiger partial charge in [0.05, 0.1) is 17.1 Å². The summed E-state index contributed by atoms with van der Waals surface area (Å²) >= 11 is 0. The van der Waals surface area contributed by atoms with Crippen molar-refractivity contribution in [2.45, 2.75) is 58.2 Å². The van der Waals surface area contributed by atoms with Crippen molar-refractivity contribution >= 4 is 16.9 Å². The lowest BCUT2D eigenvalue weighted by molar-refractivity contribution is 0.0730. The summed E-state index contributed by atoms with van der Waals surface area (Å²) in [5, 5.41) is 5.15. The Morgan fingerprint density at radius 1 is 1.24 bits per heavy atom. The maximum atomic E-state index is 13.3. The van der Waals surface area contributed by atoms with Gasteiger partial charge in [0.1, 0.15) is 0 Å². The van der Waals surface area contributed by atoms with Crippen LogP contribution in [0.5, 0.6) is 0 Å². The Balaban J connectivity index is 1.66. The molecule has 0 N–H and O–H groups in total. The zero-order chi connectivity index (χ0) is 17.7. The maximum absolute atomic E-state index is 13.3. The summed E-state index contributed by atoms with van der Waals surface area (Å²) in [4.78, 5) is 22.5. The number of fused-ring (bicyclic) bond motifs is 3. The molecule has 4 rings (SSSR count). The topological polar surface area (TPSA) is 54.3 Å². The first kappa shape index (κ1) is 16.5. The Morgan fingerprint density at radius 2 is 2.00 bits per heavy atom. The third kappa shape index (κ3) is 2.72. The summed E-state index contributed by atoms with van der Waals surface area (Å²) < 4.78 is 1.74. The number of hydrogen-bond acceptors (Lipinski definition) is 4. The van der Waals surface area contributed by atoms with Gasteiger partial charge in [0.2, 0.25) is 0 Å². The molecule has 2 atom stereocenters. The first-order valence-electron chi connectivity index (χ1n) is 9.31. The minimum absolute atomic E-state index is 0.125. The molecule has 2 aliphatic rings. The van der Waals surface area contributed by atoms with E-state index in [1.807, 2.05) is 20.0 Å². The number of aryl methyl sites for hydroxylation is 2. The molecule has 0 spiro atoms. The molecule has 134 valence electrons. The van der Waals surface area contributed by atoms with E-state index in [-0.39, 0.29) is 5.91 Å². The monoisotopic (exact) mass is 341 g/mol. The van der Waals surface area contributed by atoms with Gasteiger partial charge < -0.3 is 4.90 Å². The highest BCUT2D eigenvalue weighted by Crippen LogP contribution is 2.33. The smallest absolute Gasteiger partial charge is 0.254 e. The number of nitrogens with zero attached hydrogens (tertiary/aromatic N) is 5. The van der Waals surface area contributed by atoms with Crippen molar-refractivity contribution in [3.8, 4) is 0 Å². The van der Waals surface area contributed by atoms with Crippen molar-refractivity contribution in [2.75, 3.05) is 13.1 Å². The molecule has 0 saturated carbocycles. The second kappa shape index (κ2) is 6.09. The molecule has 1 amide bonds. The summed E-state index contributed by atoms with van der Waals surface area (Å²) in [5.41, 5.74) is 2.38. The second-order valence-electron chi connectivity index (χ2n) is 7.78. The minimum atomic E-state index is 0.125. The van der Waals surface area contributed by atoms with E-state index in [1.54, 1.807) is 10.9 Å². The molecular weight excluding hydrogens is 314 g/mol. The highest BCUT2D eigenvalue weighted by Gasteiger charge is 2.39. The van der Waals surface area contributed by atoms with Crippen molar-refractivity contribution in [3.63, 3.8) is 0 Å². The quantitative estimate of drug-likeness (QED) is 0.841. The van der Waals surface area contributed by atoms with E-state index in [4.69, 9.17) is 0 Å². The van der Waals surface area contributed by atoms with Crippen molar-refractivity contribution in [1.82, 2.24) is 24.6 Å². The largest absolute Gasteiger partial charge is 0.337 e. The van der Waals surface area contributed by atoms with Crippen LogP contribution < -0.4 is 0 Å². The molecule has 0 aliphatic carbocycles. The van der Waals surface area contributed by atoms with E-state index in [0.717, 1.165) is 41.8 Å². The van der Waals surface area contributed by atoms with Gasteiger partial charge in [-0.2, -0.15) is 5.10 Å². The zero-order valence-corrected chi connectivity index (χ0v) is 15.6. The summed E-state index contributed by atoms with van der Waals surface area (Å²) in [6.45, 7) is 8.15. The van der Waals surface area contributed by atoms with E-state index in [1.165, 1.54) is 12.8 Å². The van der Waals surface area contributed by atoms with Crippen molar-refractivity contribution in [3.05, 3.63) is 23.5 Å². The van der Waals surface area contributed by atoms with Gasteiger partial charge in [-0.25, -0.2) is 4.98 Å². The van der Waals surface area contributed by atoms with Crippen LogP contribution in [0.15, 0.2) is 12.3 Å². The molecule has 0 radical (unpaired) electrons. The van der Waals surface area contributed by atoms with E-state index in [9.17, 15) is 4.79 Å². The number of aromatic nitrogens is 3. The van der Waals surface area contributed by atoms with E-state index in [0.29, 0.717) is 18.1 Å². The average Bonchev–Trinajstić information content (AvgIpc) is 3.06. The maximum Gasteiger partial charge on any atom is 0.254 e. The first-order chi connectivity index (χ1) is 12.0. The van der Waals surface area contributed by atoms with Crippen LogP contribution in [0.25, 0.3) is 11.0 Å². The molecule has 4 heterocycles. The standard InChI is InChI=1S/C19H27N5O/c1-12(2)24-14-5-6-15(24)11-23(8-7-14)19(25)16-9-13(3)21-18-17(16)10-20-22(18)4/h9-10,12,14-15H,5-8,11H2,1-4H3/t14-,15+/m1/s1. The predicted molar refractivity (Wildman–Crippen MR) is 97.6 cm³/mol. The number of likely N-dealkylation sites (tertiary alicyclic amines) is 1. The molecule has 25 heavy (non-hydrogen) atoms. The first-order valence-corrected chi connectivity index (χ1v) is 9.31. The fraction of sp³-hybridized carbons (Fsp3) is 0.632. The van der Waals surface area contributed by atoms with Crippen LogP contribution in [-0.4, -0.2) is 61.7 Å². The molecular formula is C19H27N5O. The molecule has 2 aliphatic heterocycles. The zero-order valence-electron chi connectivity index (χ0n) is 15.6. The average molecular weight is 341 g/mol. The molecule has 2 saturated heterocycles. The van der Waals surface area contributed by atoms with E-state index < -0.39 is 0 Å². The Labute approximate surface area is 148 Å². The molecule has 6 nitrogen and oxygen atoms in total. The lowest BCUT2D eigenvalue weighted by atomic mass is 10.1. The molecule has 0 unspecified atom stereocenters. The fourth-order valence-electron chi connectivity index (χ4n) is 4.73. The van der Waals surface area contributed by atoms with Gasteiger partial charge in [0.25, 0.3) is 5.91 Å². The Bertz CT molecular complexity index is 811. The van der Waals surface area contributed by atoms with Crippen LogP contribution in [0.4, 0.5) is 0 Å². The lowest BCUT2D eigenvalue weighted by Crippen LogP contribution is -2.44. The van der Waals surface area contributed by atoms with Gasteiger partial charge >= 0.3 is 0 Å². The van der Waals surface area contributed by atoms with E-state index in [2.05, 4.69) is 33.7 Å². The minimum Gasteiger partial charge on any atom is -0.337 e. The normalized spacial score (nSPS) is 24.3.